The molecule has 34 heavy (non-hydrogen) atoms. The Labute approximate surface area is 209 Å². The molecule has 4 aromatic rings. The Morgan fingerprint density at radius 2 is 1.65 bits per heavy atom. The first-order valence-corrected chi connectivity index (χ1v) is 11.9. The maximum absolute atomic E-state index is 11.4. The van der Waals surface area contributed by atoms with Gasteiger partial charge in [0.1, 0.15) is 11.9 Å². The van der Waals surface area contributed by atoms with Gasteiger partial charge in [-0.3, -0.25) is 4.98 Å². The Kier molecular flexibility index (Phi) is 7.40. The fourth-order valence-electron chi connectivity index (χ4n) is 4.32. The van der Waals surface area contributed by atoms with Crippen LogP contribution in [0.25, 0.3) is 10.9 Å². The molecule has 1 N–H and O–H groups in total. The van der Waals surface area contributed by atoms with Crippen molar-refractivity contribution in [1.82, 2.24) is 4.98 Å². The highest BCUT2D eigenvalue weighted by atomic mass is 35.5. The number of fused-ring (bicyclic) bond motifs is 1. The molecule has 0 radical (unpaired) electrons. The van der Waals surface area contributed by atoms with E-state index in [2.05, 4.69) is 11.9 Å². The minimum absolute atomic E-state index is 0.0162. The van der Waals surface area contributed by atoms with Gasteiger partial charge in [0.15, 0.2) is 0 Å². The molecule has 0 aliphatic heterocycles. The molecule has 0 spiro atoms. The van der Waals surface area contributed by atoms with Crippen molar-refractivity contribution in [3.05, 3.63) is 105 Å². The van der Waals surface area contributed by atoms with Gasteiger partial charge in [-0.1, -0.05) is 60.8 Å². The zero-order chi connectivity index (χ0) is 24.2. The molecule has 1 aromatic heterocycles. The van der Waals surface area contributed by atoms with Crippen molar-refractivity contribution in [2.45, 2.75) is 38.7 Å². The summed E-state index contributed by atoms with van der Waals surface area (Å²) in [6.45, 7) is 4.11. The van der Waals surface area contributed by atoms with E-state index < -0.39 is 5.97 Å². The molecule has 0 aliphatic carbocycles. The largest absolute Gasteiger partial charge is 0.484 e. The van der Waals surface area contributed by atoms with E-state index in [0.717, 1.165) is 40.4 Å². The van der Waals surface area contributed by atoms with Crippen LogP contribution in [0, 0.1) is 6.92 Å². The molecule has 0 bridgehead atoms. The Bertz CT molecular complexity index is 1300. The van der Waals surface area contributed by atoms with E-state index in [4.69, 9.17) is 27.9 Å². The minimum Gasteiger partial charge on any atom is -0.484 e. The summed E-state index contributed by atoms with van der Waals surface area (Å²) in [5.41, 5.74) is 4.07. The van der Waals surface area contributed by atoms with Crippen LogP contribution in [0.5, 0.6) is 5.75 Å². The van der Waals surface area contributed by atoms with E-state index in [1.54, 1.807) is 18.3 Å². The fourth-order valence-corrected chi connectivity index (χ4v) is 4.71. The molecule has 0 unspecified atom stereocenters. The Hall–Kier alpha value is -3.08. The van der Waals surface area contributed by atoms with Gasteiger partial charge in [-0.25, -0.2) is 4.79 Å². The summed E-state index contributed by atoms with van der Waals surface area (Å²) in [6.07, 6.45) is 3.19. The van der Waals surface area contributed by atoms with Crippen molar-refractivity contribution < 1.29 is 14.6 Å². The molecule has 2 atom stereocenters. The molecule has 4 rings (SSSR count). The number of carboxylic acids is 1. The monoisotopic (exact) mass is 493 g/mol. The van der Waals surface area contributed by atoms with Crippen LogP contribution in [0.2, 0.25) is 10.0 Å². The number of rotatable bonds is 8. The number of aromatic nitrogens is 1. The first-order valence-electron chi connectivity index (χ1n) is 11.2. The molecular weight excluding hydrogens is 469 g/mol. The summed E-state index contributed by atoms with van der Waals surface area (Å²) in [5, 5.41) is 11.4. The summed E-state index contributed by atoms with van der Waals surface area (Å²) in [5.74, 6) is -0.268. The predicted octanol–water partition coefficient (Wildman–Crippen LogP) is 8.25. The van der Waals surface area contributed by atoms with Gasteiger partial charge in [0.05, 0.1) is 11.1 Å². The summed E-state index contributed by atoms with van der Waals surface area (Å²) in [6, 6.07) is 20.3. The normalized spacial score (nSPS) is 12.9. The van der Waals surface area contributed by atoms with E-state index in [1.165, 1.54) is 0 Å². The van der Waals surface area contributed by atoms with E-state index in [-0.39, 0.29) is 17.6 Å². The topological polar surface area (TPSA) is 59.4 Å². The zero-order valence-corrected chi connectivity index (χ0v) is 20.5. The second-order valence-corrected chi connectivity index (χ2v) is 9.21. The first kappa shape index (κ1) is 24.1. The predicted molar refractivity (Wildman–Crippen MR) is 137 cm³/mol. The number of pyridine rings is 1. The molecule has 174 valence electrons. The number of carbonyl (C=O) groups is 1. The molecule has 3 aromatic carbocycles. The highest BCUT2D eigenvalue weighted by Crippen LogP contribution is 2.41. The third-order valence-electron chi connectivity index (χ3n) is 5.96. The number of halogens is 2. The number of ether oxygens (including phenoxy) is 1. The highest BCUT2D eigenvalue weighted by molar-refractivity contribution is 6.31. The molecule has 1 heterocycles. The quantitative estimate of drug-likeness (QED) is 0.268. The fraction of sp³-hybridized carbons (Fsp3) is 0.214. The summed E-state index contributed by atoms with van der Waals surface area (Å²) < 4.78 is 6.75. The Morgan fingerprint density at radius 3 is 2.29 bits per heavy atom. The van der Waals surface area contributed by atoms with Gasteiger partial charge >= 0.3 is 5.97 Å². The summed E-state index contributed by atoms with van der Waals surface area (Å²) >= 11 is 12.5. The van der Waals surface area contributed by atoms with Gasteiger partial charge in [-0.05, 0) is 72.5 Å². The summed E-state index contributed by atoms with van der Waals surface area (Å²) in [7, 11) is 0. The van der Waals surface area contributed by atoms with Crippen LogP contribution in [0.15, 0.2) is 72.9 Å². The third-order valence-corrected chi connectivity index (χ3v) is 6.43. The SMILES string of the molecule is CCC[C@H](c1ccc(C(=O)O)cc1)[C@@H](Oc1ccnc2c(C)cc(Cl)cc12)c1ccc(Cl)cc1. The number of aryl methyl sites for hydroxylation is 1. The van der Waals surface area contributed by atoms with Crippen molar-refractivity contribution in [2.24, 2.45) is 0 Å². The Balaban J connectivity index is 1.83. The number of benzene rings is 3. The Morgan fingerprint density at radius 1 is 0.971 bits per heavy atom. The van der Waals surface area contributed by atoms with E-state index in [0.29, 0.717) is 15.8 Å². The number of carboxylic acid groups (broad SMARTS) is 1. The van der Waals surface area contributed by atoms with Crippen LogP contribution >= 0.6 is 23.2 Å². The lowest BCUT2D eigenvalue weighted by Gasteiger charge is -2.29. The molecule has 0 saturated heterocycles. The van der Waals surface area contributed by atoms with Gasteiger partial charge in [0.25, 0.3) is 0 Å². The minimum atomic E-state index is -0.945. The molecule has 4 nitrogen and oxygen atoms in total. The molecule has 0 amide bonds. The number of hydrogen-bond acceptors (Lipinski definition) is 3. The van der Waals surface area contributed by atoms with Crippen LogP contribution in [0.3, 0.4) is 0 Å². The molecule has 0 aliphatic rings. The zero-order valence-electron chi connectivity index (χ0n) is 19.0. The lowest BCUT2D eigenvalue weighted by atomic mass is 9.85. The van der Waals surface area contributed by atoms with Crippen molar-refractivity contribution in [3.63, 3.8) is 0 Å². The van der Waals surface area contributed by atoms with Gasteiger partial charge in [-0.15, -0.1) is 0 Å². The lowest BCUT2D eigenvalue weighted by molar-refractivity contribution is 0.0697. The standard InChI is InChI=1S/C28H25Cl2NO3/c1-3-4-23(18-5-7-20(8-6-18)28(32)33)27(19-9-11-21(29)12-10-19)34-25-13-14-31-26-17(2)15-22(30)16-24(25)26/h5-16,23,27H,3-4H2,1-2H3,(H,32,33)/t23-,27+/m1/s1. The second-order valence-electron chi connectivity index (χ2n) is 8.34. The van der Waals surface area contributed by atoms with Gasteiger partial charge in [0.2, 0.25) is 0 Å². The van der Waals surface area contributed by atoms with Crippen molar-refractivity contribution in [1.29, 1.82) is 0 Å². The molecule has 6 heteroatoms. The average Bonchev–Trinajstić information content (AvgIpc) is 2.82. The lowest BCUT2D eigenvalue weighted by Crippen LogP contribution is -2.18. The smallest absolute Gasteiger partial charge is 0.335 e. The van der Waals surface area contributed by atoms with Crippen LogP contribution in [-0.2, 0) is 0 Å². The average molecular weight is 494 g/mol. The van der Waals surface area contributed by atoms with Crippen molar-refractivity contribution >= 4 is 40.1 Å². The van der Waals surface area contributed by atoms with E-state index in [9.17, 15) is 9.90 Å². The first-order chi connectivity index (χ1) is 16.4. The van der Waals surface area contributed by atoms with Gasteiger partial charge in [0, 0.05) is 27.5 Å². The van der Waals surface area contributed by atoms with Crippen molar-refractivity contribution in [3.8, 4) is 5.75 Å². The summed E-state index contributed by atoms with van der Waals surface area (Å²) in [4.78, 5) is 15.9. The van der Waals surface area contributed by atoms with Crippen LogP contribution < -0.4 is 4.74 Å². The number of nitrogens with zero attached hydrogens (tertiary/aromatic N) is 1. The van der Waals surface area contributed by atoms with E-state index >= 15 is 0 Å². The molecular formula is C28H25Cl2NO3. The van der Waals surface area contributed by atoms with Crippen molar-refractivity contribution in [2.75, 3.05) is 0 Å². The van der Waals surface area contributed by atoms with E-state index in [1.807, 2.05) is 61.5 Å². The molecule has 0 saturated carbocycles. The highest BCUT2D eigenvalue weighted by Gasteiger charge is 2.27. The van der Waals surface area contributed by atoms with Crippen LogP contribution in [-0.4, -0.2) is 16.1 Å². The number of aromatic carboxylic acids is 1. The molecule has 0 fully saturated rings. The van der Waals surface area contributed by atoms with Gasteiger partial charge in [-0.2, -0.15) is 0 Å². The third kappa shape index (κ3) is 5.19. The van der Waals surface area contributed by atoms with Crippen LogP contribution in [0.4, 0.5) is 0 Å². The second kappa shape index (κ2) is 10.5. The van der Waals surface area contributed by atoms with Gasteiger partial charge < -0.3 is 9.84 Å². The maximum Gasteiger partial charge on any atom is 0.335 e. The van der Waals surface area contributed by atoms with Crippen LogP contribution in [0.1, 0.15) is 58.8 Å². The maximum atomic E-state index is 11.4. The number of hydrogen-bond donors (Lipinski definition) is 1.